The van der Waals surface area contributed by atoms with Crippen LogP contribution in [-0.2, 0) is 0 Å². The average molecular weight is 371 g/mol. The second-order valence-corrected chi connectivity index (χ2v) is 5.91. The van der Waals surface area contributed by atoms with Crippen LogP contribution in [0.3, 0.4) is 0 Å². The Bertz CT molecular complexity index is 868. The number of hydrogen-bond donors (Lipinski definition) is 2. The molecule has 0 saturated heterocycles. The monoisotopic (exact) mass is 371 g/mol. The highest BCUT2D eigenvalue weighted by Gasteiger charge is 2.21. The summed E-state index contributed by atoms with van der Waals surface area (Å²) in [4.78, 5) is 26.4. The third-order valence-corrected chi connectivity index (χ3v) is 4.15. The molecule has 2 aromatic carbocycles. The Morgan fingerprint density at radius 3 is 2.70 bits per heavy atom. The molecule has 0 aromatic heterocycles. The van der Waals surface area contributed by atoms with Crippen LogP contribution in [-0.4, -0.2) is 51.3 Å². The van der Waals surface area contributed by atoms with Crippen LogP contribution in [0.15, 0.2) is 36.4 Å². The van der Waals surface area contributed by atoms with E-state index in [1.807, 2.05) is 0 Å². The number of para-hydroxylation sites is 1. The van der Waals surface area contributed by atoms with E-state index in [0.717, 1.165) is 0 Å². The number of likely N-dealkylation sites (N-methyl/N-ethyl adjacent to an activating group) is 1. The van der Waals surface area contributed by atoms with E-state index in [-0.39, 0.29) is 5.91 Å². The number of hydrogen-bond acceptors (Lipinski definition) is 5. The number of fused-ring (bicyclic) bond motifs is 1. The number of urea groups is 1. The maximum absolute atomic E-state index is 12.4. The Morgan fingerprint density at radius 1 is 1.15 bits per heavy atom. The summed E-state index contributed by atoms with van der Waals surface area (Å²) in [6.07, 6.45) is 0. The first-order chi connectivity index (χ1) is 13.0. The molecule has 0 atom stereocenters. The molecule has 0 saturated carbocycles. The Kier molecular flexibility index (Phi) is 5.35. The van der Waals surface area contributed by atoms with Gasteiger partial charge in [-0.3, -0.25) is 4.79 Å². The number of nitrogens with one attached hydrogen (secondary N) is 2. The summed E-state index contributed by atoms with van der Waals surface area (Å²) >= 11 is 0. The molecule has 8 nitrogen and oxygen atoms in total. The lowest BCUT2D eigenvalue weighted by Gasteiger charge is -2.15. The molecule has 0 radical (unpaired) electrons. The van der Waals surface area contributed by atoms with Crippen LogP contribution in [0.4, 0.5) is 16.2 Å². The van der Waals surface area contributed by atoms with Crippen LogP contribution >= 0.6 is 0 Å². The molecule has 27 heavy (non-hydrogen) atoms. The molecule has 0 fully saturated rings. The van der Waals surface area contributed by atoms with Gasteiger partial charge in [0.25, 0.3) is 5.91 Å². The van der Waals surface area contributed by atoms with Crippen LogP contribution in [0.25, 0.3) is 0 Å². The average Bonchev–Trinajstić information content (AvgIpc) is 2.80. The van der Waals surface area contributed by atoms with Crippen LogP contribution in [0.5, 0.6) is 17.2 Å². The number of amides is 3. The summed E-state index contributed by atoms with van der Waals surface area (Å²) in [6, 6.07) is 9.65. The van der Waals surface area contributed by atoms with Gasteiger partial charge in [-0.15, -0.1) is 0 Å². The lowest BCUT2D eigenvalue weighted by atomic mass is 10.1. The van der Waals surface area contributed by atoms with E-state index < -0.39 is 6.03 Å². The van der Waals surface area contributed by atoms with Gasteiger partial charge in [0.05, 0.1) is 32.0 Å². The molecule has 142 valence electrons. The number of anilines is 2. The molecule has 0 unspecified atom stereocenters. The smallest absolute Gasteiger partial charge is 0.323 e. The van der Waals surface area contributed by atoms with E-state index in [2.05, 4.69) is 10.6 Å². The number of rotatable bonds is 4. The lowest BCUT2D eigenvalue weighted by molar-refractivity contribution is 0.0796. The van der Waals surface area contributed by atoms with Gasteiger partial charge in [0, 0.05) is 12.7 Å². The van der Waals surface area contributed by atoms with Gasteiger partial charge >= 0.3 is 6.03 Å². The third kappa shape index (κ3) is 3.89. The first kappa shape index (κ1) is 18.4. The number of carbonyl (C=O) groups excluding carboxylic acids is 2. The number of benzene rings is 2. The Balaban J connectivity index is 1.78. The number of nitrogens with zero attached hydrogens (tertiary/aromatic N) is 1. The zero-order chi connectivity index (χ0) is 19.4. The van der Waals surface area contributed by atoms with Crippen molar-refractivity contribution in [1.82, 2.24) is 4.90 Å². The largest absolute Gasteiger partial charge is 0.493 e. The molecule has 1 heterocycles. The highest BCUT2D eigenvalue weighted by atomic mass is 16.5. The van der Waals surface area contributed by atoms with Crippen LogP contribution in [0.1, 0.15) is 10.4 Å². The fourth-order valence-corrected chi connectivity index (χ4v) is 2.77. The molecule has 2 N–H and O–H groups in total. The maximum Gasteiger partial charge on any atom is 0.323 e. The zero-order valence-electron chi connectivity index (χ0n) is 15.4. The van der Waals surface area contributed by atoms with E-state index in [1.165, 1.54) is 14.2 Å². The molecule has 1 aliphatic heterocycles. The van der Waals surface area contributed by atoms with Gasteiger partial charge in [0.2, 0.25) is 0 Å². The molecule has 8 heteroatoms. The molecule has 1 aliphatic rings. The minimum absolute atomic E-state index is 0.152. The standard InChI is InChI=1S/C19H21N3O5/c1-22-9-10-27-15-8-7-12(11-13(15)18(22)23)20-19(24)21-14-5-4-6-16(25-2)17(14)26-3/h4-8,11H,9-10H2,1-3H3,(H2,20,21,24). The quantitative estimate of drug-likeness (QED) is 0.863. The van der Waals surface area contributed by atoms with E-state index in [9.17, 15) is 9.59 Å². The molecule has 3 rings (SSSR count). The fourth-order valence-electron chi connectivity index (χ4n) is 2.77. The van der Waals surface area contributed by atoms with Gasteiger partial charge in [-0.25, -0.2) is 4.79 Å². The van der Waals surface area contributed by atoms with Gasteiger partial charge in [0.15, 0.2) is 11.5 Å². The van der Waals surface area contributed by atoms with Crippen molar-refractivity contribution in [2.75, 3.05) is 45.1 Å². The van der Waals surface area contributed by atoms with Crippen molar-refractivity contribution in [3.05, 3.63) is 42.0 Å². The van der Waals surface area contributed by atoms with E-state index in [0.29, 0.717) is 47.3 Å². The molecule has 0 aliphatic carbocycles. The zero-order valence-corrected chi connectivity index (χ0v) is 15.4. The third-order valence-electron chi connectivity index (χ3n) is 4.15. The first-order valence-electron chi connectivity index (χ1n) is 8.34. The number of ether oxygens (including phenoxy) is 3. The predicted octanol–water partition coefficient (Wildman–Crippen LogP) is 2.81. The van der Waals surface area contributed by atoms with Gasteiger partial charge < -0.3 is 29.7 Å². The topological polar surface area (TPSA) is 89.1 Å². The fraction of sp³-hybridized carbons (Fsp3) is 0.263. The van der Waals surface area contributed by atoms with E-state index in [4.69, 9.17) is 14.2 Å². The summed E-state index contributed by atoms with van der Waals surface area (Å²) in [5.41, 5.74) is 1.34. The summed E-state index contributed by atoms with van der Waals surface area (Å²) in [6.45, 7) is 0.935. The summed E-state index contributed by atoms with van der Waals surface area (Å²) in [5.74, 6) is 1.28. The summed E-state index contributed by atoms with van der Waals surface area (Å²) in [7, 11) is 4.73. The van der Waals surface area contributed by atoms with Crippen molar-refractivity contribution < 1.29 is 23.8 Å². The summed E-state index contributed by atoms with van der Waals surface area (Å²) < 4.78 is 16.1. The summed E-state index contributed by atoms with van der Waals surface area (Å²) in [5, 5.41) is 5.43. The minimum atomic E-state index is -0.475. The number of methoxy groups -OCH3 is 2. The minimum Gasteiger partial charge on any atom is -0.493 e. The van der Waals surface area contributed by atoms with Crippen molar-refractivity contribution in [1.29, 1.82) is 0 Å². The molecule has 3 amide bonds. The Labute approximate surface area is 157 Å². The van der Waals surface area contributed by atoms with Crippen molar-refractivity contribution in [3.63, 3.8) is 0 Å². The maximum atomic E-state index is 12.4. The second kappa shape index (κ2) is 7.86. The van der Waals surface area contributed by atoms with Crippen molar-refractivity contribution in [2.24, 2.45) is 0 Å². The van der Waals surface area contributed by atoms with Crippen LogP contribution in [0, 0.1) is 0 Å². The van der Waals surface area contributed by atoms with Crippen molar-refractivity contribution in [3.8, 4) is 17.2 Å². The second-order valence-electron chi connectivity index (χ2n) is 5.91. The van der Waals surface area contributed by atoms with Crippen LogP contribution < -0.4 is 24.8 Å². The molecular weight excluding hydrogens is 350 g/mol. The number of carbonyl (C=O) groups is 2. The molecule has 0 bridgehead atoms. The van der Waals surface area contributed by atoms with Crippen LogP contribution in [0.2, 0.25) is 0 Å². The van der Waals surface area contributed by atoms with Gasteiger partial charge in [0.1, 0.15) is 12.4 Å². The highest BCUT2D eigenvalue weighted by molar-refractivity contribution is 6.03. The van der Waals surface area contributed by atoms with Crippen molar-refractivity contribution >= 4 is 23.3 Å². The predicted molar refractivity (Wildman–Crippen MR) is 101 cm³/mol. The van der Waals surface area contributed by atoms with E-state index in [1.54, 1.807) is 48.3 Å². The Morgan fingerprint density at radius 2 is 1.96 bits per heavy atom. The molecular formula is C19H21N3O5. The van der Waals surface area contributed by atoms with Gasteiger partial charge in [-0.1, -0.05) is 6.07 Å². The van der Waals surface area contributed by atoms with Gasteiger partial charge in [-0.05, 0) is 30.3 Å². The molecule has 2 aromatic rings. The normalized spacial score (nSPS) is 13.1. The Hall–Kier alpha value is -3.42. The van der Waals surface area contributed by atoms with Crippen molar-refractivity contribution in [2.45, 2.75) is 0 Å². The SMILES string of the molecule is COc1cccc(NC(=O)Nc2ccc3c(c2)C(=O)N(C)CCO3)c1OC. The lowest BCUT2D eigenvalue weighted by Crippen LogP contribution is -2.28. The van der Waals surface area contributed by atoms with E-state index >= 15 is 0 Å². The van der Waals surface area contributed by atoms with Gasteiger partial charge in [-0.2, -0.15) is 0 Å². The highest BCUT2D eigenvalue weighted by Crippen LogP contribution is 2.34. The first-order valence-corrected chi connectivity index (χ1v) is 8.34. The molecule has 0 spiro atoms.